The first-order valence-corrected chi connectivity index (χ1v) is 25.0. The van der Waals surface area contributed by atoms with E-state index in [4.69, 9.17) is 14.2 Å². The van der Waals surface area contributed by atoms with Gasteiger partial charge in [-0.2, -0.15) is 0 Å². The Hall–Kier alpha value is -1.59. The minimum absolute atomic E-state index is 0.0625. The van der Waals surface area contributed by atoms with Crippen LogP contribution in [0.5, 0.6) is 0 Å². The van der Waals surface area contributed by atoms with Crippen molar-refractivity contribution in [2.45, 2.75) is 290 Å². The zero-order chi connectivity index (χ0) is 40.8. The molecule has 0 unspecified atom stereocenters. The topological polar surface area (TPSA) is 78.9 Å². The van der Waals surface area contributed by atoms with Crippen LogP contribution < -0.4 is 0 Å². The van der Waals surface area contributed by atoms with Gasteiger partial charge in [-0.15, -0.1) is 0 Å². The molecule has 332 valence electrons. The maximum Gasteiger partial charge on any atom is 0.306 e. The molecule has 0 N–H and O–H groups in total. The van der Waals surface area contributed by atoms with Crippen molar-refractivity contribution in [1.29, 1.82) is 0 Å². The van der Waals surface area contributed by atoms with Crippen molar-refractivity contribution in [2.24, 2.45) is 0 Å². The Balaban J connectivity index is 4.20. The maximum absolute atomic E-state index is 12.7. The van der Waals surface area contributed by atoms with E-state index in [1.54, 1.807) is 0 Å². The molecule has 6 heteroatoms. The number of carbonyl (C=O) groups is 3. The van der Waals surface area contributed by atoms with Crippen LogP contribution in [0.3, 0.4) is 0 Å². The Bertz CT molecular complexity index is 828. The Kier molecular flexibility index (Phi) is 44.8. The summed E-state index contributed by atoms with van der Waals surface area (Å²) in [6, 6.07) is 0. The van der Waals surface area contributed by atoms with Gasteiger partial charge in [0, 0.05) is 19.3 Å². The van der Waals surface area contributed by atoms with Gasteiger partial charge >= 0.3 is 17.9 Å². The van der Waals surface area contributed by atoms with Crippen LogP contribution in [0.15, 0.2) is 0 Å². The molecule has 0 aliphatic rings. The Morgan fingerprint density at radius 3 is 0.714 bits per heavy atom. The average molecular weight is 793 g/mol. The van der Waals surface area contributed by atoms with Gasteiger partial charge in [0.15, 0.2) is 6.10 Å². The van der Waals surface area contributed by atoms with E-state index in [1.165, 1.54) is 186 Å². The van der Waals surface area contributed by atoms with Crippen molar-refractivity contribution in [3.63, 3.8) is 0 Å². The fourth-order valence-electron chi connectivity index (χ4n) is 7.56. The van der Waals surface area contributed by atoms with Gasteiger partial charge in [0.25, 0.3) is 0 Å². The monoisotopic (exact) mass is 793 g/mol. The third-order valence-corrected chi connectivity index (χ3v) is 11.4. The van der Waals surface area contributed by atoms with Crippen molar-refractivity contribution in [1.82, 2.24) is 0 Å². The Morgan fingerprint density at radius 1 is 0.286 bits per heavy atom. The minimum atomic E-state index is -0.758. The molecule has 6 nitrogen and oxygen atoms in total. The van der Waals surface area contributed by atoms with Gasteiger partial charge in [-0.05, 0) is 19.3 Å². The molecule has 56 heavy (non-hydrogen) atoms. The quantitative estimate of drug-likeness (QED) is 0.0347. The van der Waals surface area contributed by atoms with Crippen LogP contribution in [0.2, 0.25) is 0 Å². The molecule has 1 atom stereocenters. The molecular weight excluding hydrogens is 697 g/mol. The van der Waals surface area contributed by atoms with Gasteiger partial charge in [0.05, 0.1) is 0 Å². The van der Waals surface area contributed by atoms with Gasteiger partial charge in [0.1, 0.15) is 13.2 Å². The molecule has 0 aromatic carbocycles. The molecule has 0 spiro atoms. The number of rotatable bonds is 46. The summed E-state index contributed by atoms with van der Waals surface area (Å²) >= 11 is 0. The summed E-state index contributed by atoms with van der Waals surface area (Å²) in [7, 11) is 0. The largest absolute Gasteiger partial charge is 0.462 e. The molecule has 0 radical (unpaired) electrons. The van der Waals surface area contributed by atoms with Crippen LogP contribution in [0.4, 0.5) is 0 Å². The second kappa shape index (κ2) is 46.1. The molecule has 0 aromatic heterocycles. The highest BCUT2D eigenvalue weighted by Gasteiger charge is 2.19. The predicted molar refractivity (Wildman–Crippen MR) is 238 cm³/mol. The second-order valence-corrected chi connectivity index (χ2v) is 17.1. The zero-order valence-electron chi connectivity index (χ0n) is 37.9. The van der Waals surface area contributed by atoms with E-state index in [9.17, 15) is 14.4 Å². The van der Waals surface area contributed by atoms with E-state index < -0.39 is 6.10 Å². The Labute approximate surface area is 348 Å². The Morgan fingerprint density at radius 2 is 0.482 bits per heavy atom. The maximum atomic E-state index is 12.7. The van der Waals surface area contributed by atoms with Crippen molar-refractivity contribution >= 4 is 17.9 Å². The van der Waals surface area contributed by atoms with Gasteiger partial charge in [0.2, 0.25) is 0 Å². The highest BCUT2D eigenvalue weighted by Crippen LogP contribution is 2.16. The fourth-order valence-corrected chi connectivity index (χ4v) is 7.56. The summed E-state index contributed by atoms with van der Waals surface area (Å²) in [6.07, 6.45) is 48.1. The molecule has 0 aliphatic heterocycles. The van der Waals surface area contributed by atoms with Crippen molar-refractivity contribution in [2.75, 3.05) is 13.2 Å². The lowest BCUT2D eigenvalue weighted by atomic mass is 10.0. The van der Waals surface area contributed by atoms with Crippen LogP contribution in [0.25, 0.3) is 0 Å². The SMILES string of the molecule is CCCCCCCCCCCCCCCCCCCC(=O)OC[C@H](COC(=O)CCCCCCCCC)OC(=O)CCCCCCCCCCCCCCCC. The number of hydrogen-bond acceptors (Lipinski definition) is 6. The molecule has 0 aromatic rings. The summed E-state index contributed by atoms with van der Waals surface area (Å²) < 4.78 is 16.7. The highest BCUT2D eigenvalue weighted by molar-refractivity contribution is 5.71. The van der Waals surface area contributed by atoms with Crippen molar-refractivity contribution < 1.29 is 28.6 Å². The summed E-state index contributed by atoms with van der Waals surface area (Å²) in [5.74, 6) is -0.851. The molecule has 0 saturated heterocycles. The first-order chi connectivity index (χ1) is 27.5. The standard InChI is InChI=1S/C50H96O6/c1-4-7-10-13-16-18-20-22-24-25-26-28-29-31-34-37-40-43-49(52)55-46-47(45-54-48(51)42-39-36-33-15-12-9-6-3)56-50(53)44-41-38-35-32-30-27-23-21-19-17-14-11-8-5-2/h47H,4-46H2,1-3H3/t47-/m0/s1. The van der Waals surface area contributed by atoms with Gasteiger partial charge in [-0.25, -0.2) is 0 Å². The van der Waals surface area contributed by atoms with Crippen molar-refractivity contribution in [3.8, 4) is 0 Å². The van der Waals surface area contributed by atoms with Gasteiger partial charge in [-0.3, -0.25) is 14.4 Å². The first-order valence-electron chi connectivity index (χ1n) is 25.0. The summed E-state index contributed by atoms with van der Waals surface area (Å²) in [5, 5.41) is 0. The fraction of sp³-hybridized carbons (Fsp3) is 0.940. The van der Waals surface area contributed by atoms with E-state index in [0.717, 1.165) is 57.8 Å². The molecule has 0 amide bonds. The number of hydrogen-bond donors (Lipinski definition) is 0. The molecule has 0 heterocycles. The van der Waals surface area contributed by atoms with Crippen LogP contribution in [-0.4, -0.2) is 37.2 Å². The first kappa shape index (κ1) is 54.4. The average Bonchev–Trinajstić information content (AvgIpc) is 3.19. The van der Waals surface area contributed by atoms with E-state index in [1.807, 2.05) is 0 Å². The summed E-state index contributed by atoms with van der Waals surface area (Å²) in [6.45, 7) is 6.64. The lowest BCUT2D eigenvalue weighted by Crippen LogP contribution is -2.30. The third kappa shape index (κ3) is 43.5. The van der Waals surface area contributed by atoms with Gasteiger partial charge in [-0.1, -0.05) is 245 Å². The zero-order valence-corrected chi connectivity index (χ0v) is 37.9. The molecule has 0 fully saturated rings. The summed E-state index contributed by atoms with van der Waals surface area (Å²) in [4.78, 5) is 37.7. The van der Waals surface area contributed by atoms with Crippen molar-refractivity contribution in [3.05, 3.63) is 0 Å². The van der Waals surface area contributed by atoms with E-state index in [0.29, 0.717) is 19.3 Å². The third-order valence-electron chi connectivity index (χ3n) is 11.4. The highest BCUT2D eigenvalue weighted by atomic mass is 16.6. The van der Waals surface area contributed by atoms with Gasteiger partial charge < -0.3 is 14.2 Å². The van der Waals surface area contributed by atoms with Crippen LogP contribution in [0, 0.1) is 0 Å². The molecule has 0 rings (SSSR count). The van der Waals surface area contributed by atoms with E-state index >= 15 is 0 Å². The normalized spacial score (nSPS) is 11.8. The number of carbonyl (C=O) groups excluding carboxylic acids is 3. The number of esters is 3. The second-order valence-electron chi connectivity index (χ2n) is 17.1. The lowest BCUT2D eigenvalue weighted by molar-refractivity contribution is -0.167. The molecule has 0 saturated carbocycles. The minimum Gasteiger partial charge on any atom is -0.462 e. The number of unbranched alkanes of at least 4 members (excludes halogenated alkanes) is 35. The smallest absolute Gasteiger partial charge is 0.306 e. The molecule has 0 bridgehead atoms. The lowest BCUT2D eigenvalue weighted by Gasteiger charge is -2.18. The number of ether oxygens (including phenoxy) is 3. The van der Waals surface area contributed by atoms with E-state index in [-0.39, 0.29) is 31.1 Å². The van der Waals surface area contributed by atoms with Crippen LogP contribution >= 0.6 is 0 Å². The summed E-state index contributed by atoms with van der Waals surface area (Å²) in [5.41, 5.74) is 0. The van der Waals surface area contributed by atoms with Crippen LogP contribution in [-0.2, 0) is 28.6 Å². The van der Waals surface area contributed by atoms with E-state index in [2.05, 4.69) is 20.8 Å². The van der Waals surface area contributed by atoms with Crippen LogP contribution in [0.1, 0.15) is 284 Å². The molecule has 0 aliphatic carbocycles. The molecular formula is C50H96O6. The predicted octanol–water partition coefficient (Wildman–Crippen LogP) is 16.0.